The van der Waals surface area contributed by atoms with E-state index in [-0.39, 0.29) is 0 Å². The molecule has 1 saturated heterocycles. The third kappa shape index (κ3) is 2.43. The van der Waals surface area contributed by atoms with Crippen LogP contribution in [-0.4, -0.2) is 39.1 Å². The van der Waals surface area contributed by atoms with E-state index in [1.54, 1.807) is 0 Å². The van der Waals surface area contributed by atoms with Crippen LogP contribution in [-0.2, 0) is 7.05 Å². The van der Waals surface area contributed by atoms with E-state index < -0.39 is 0 Å². The molecule has 1 aromatic carbocycles. The van der Waals surface area contributed by atoms with Crippen LogP contribution >= 0.6 is 0 Å². The Balaban J connectivity index is 1.71. The molecule has 0 aliphatic carbocycles. The van der Waals surface area contributed by atoms with Crippen molar-refractivity contribution in [3.05, 3.63) is 48.2 Å². The minimum absolute atomic E-state index is 0.585. The lowest BCUT2D eigenvalue weighted by Gasteiger charge is -2.38. The molecule has 0 bridgehead atoms. The van der Waals surface area contributed by atoms with Crippen molar-refractivity contribution in [3.63, 3.8) is 0 Å². The monoisotopic (exact) mass is 306 g/mol. The van der Waals surface area contributed by atoms with Crippen molar-refractivity contribution >= 4 is 10.8 Å². The highest BCUT2D eigenvalue weighted by atomic mass is 15.2. The molecule has 1 fully saturated rings. The first-order valence-corrected chi connectivity index (χ1v) is 8.26. The summed E-state index contributed by atoms with van der Waals surface area (Å²) in [6.45, 7) is 7.65. The molecule has 4 heteroatoms. The van der Waals surface area contributed by atoms with Gasteiger partial charge in [0.15, 0.2) is 0 Å². The molecule has 3 aromatic rings. The van der Waals surface area contributed by atoms with Crippen LogP contribution in [0, 0.1) is 6.92 Å². The van der Waals surface area contributed by atoms with Crippen molar-refractivity contribution in [2.24, 2.45) is 7.05 Å². The summed E-state index contributed by atoms with van der Waals surface area (Å²) < 4.78 is 2.13. The highest BCUT2D eigenvalue weighted by molar-refractivity contribution is 5.86. The van der Waals surface area contributed by atoms with Gasteiger partial charge in [-0.3, -0.25) is 4.98 Å². The number of likely N-dealkylation sites (tertiary alicyclic amines) is 1. The fourth-order valence-corrected chi connectivity index (χ4v) is 3.33. The van der Waals surface area contributed by atoms with Crippen LogP contribution in [0.25, 0.3) is 22.0 Å². The predicted octanol–water partition coefficient (Wildman–Crippen LogP) is 3.36. The van der Waals surface area contributed by atoms with Crippen molar-refractivity contribution in [3.8, 4) is 11.3 Å². The number of hydrogen-bond donors (Lipinski definition) is 0. The van der Waals surface area contributed by atoms with Gasteiger partial charge in [-0.1, -0.05) is 19.1 Å². The summed E-state index contributed by atoms with van der Waals surface area (Å²) >= 11 is 0. The van der Waals surface area contributed by atoms with Crippen molar-refractivity contribution < 1.29 is 0 Å². The highest BCUT2D eigenvalue weighted by Gasteiger charge is 2.27. The van der Waals surface area contributed by atoms with Crippen molar-refractivity contribution in [2.45, 2.75) is 19.8 Å². The lowest BCUT2D eigenvalue weighted by atomic mass is 9.94. The molecule has 118 valence electrons. The van der Waals surface area contributed by atoms with Crippen LogP contribution in [0.4, 0.5) is 0 Å². The van der Waals surface area contributed by atoms with Gasteiger partial charge in [0.1, 0.15) is 5.82 Å². The second-order valence-electron chi connectivity index (χ2n) is 6.47. The molecular formula is C19H22N4. The Labute approximate surface area is 136 Å². The number of aryl methyl sites for hydroxylation is 1. The first kappa shape index (κ1) is 14.4. The molecule has 0 atom stereocenters. The molecule has 23 heavy (non-hydrogen) atoms. The number of likely N-dealkylation sites (N-methyl/N-ethyl adjacent to an activating group) is 1. The van der Waals surface area contributed by atoms with Gasteiger partial charge in [-0.2, -0.15) is 0 Å². The number of imidazole rings is 1. The van der Waals surface area contributed by atoms with Crippen LogP contribution in [0.2, 0.25) is 0 Å². The SMILES string of the molecule is CCN1CC(c2cc3cc(-c4cnc(C)n4C)ccc3cn2)C1. The standard InChI is InChI=1S/C19H22N4/c1-4-23-11-17(12-23)18-8-16-7-14(5-6-15(16)9-21-18)19-10-20-13(2)22(19)3/h5-10,17H,4,11-12H2,1-3H3. The molecule has 0 spiro atoms. The number of rotatable bonds is 3. The Morgan fingerprint density at radius 1 is 1.09 bits per heavy atom. The van der Waals surface area contributed by atoms with Gasteiger partial charge in [-0.15, -0.1) is 0 Å². The maximum absolute atomic E-state index is 4.68. The van der Waals surface area contributed by atoms with E-state index in [9.17, 15) is 0 Å². The summed E-state index contributed by atoms with van der Waals surface area (Å²) in [4.78, 5) is 11.5. The van der Waals surface area contributed by atoms with Gasteiger partial charge in [-0.25, -0.2) is 4.98 Å². The summed E-state index contributed by atoms with van der Waals surface area (Å²) in [7, 11) is 2.06. The Morgan fingerprint density at radius 3 is 2.61 bits per heavy atom. The normalized spacial score (nSPS) is 16.0. The molecular weight excluding hydrogens is 284 g/mol. The van der Waals surface area contributed by atoms with E-state index in [4.69, 9.17) is 0 Å². The minimum atomic E-state index is 0.585. The maximum atomic E-state index is 4.68. The van der Waals surface area contributed by atoms with Crippen LogP contribution in [0.15, 0.2) is 36.7 Å². The van der Waals surface area contributed by atoms with E-state index in [1.807, 2.05) is 19.3 Å². The second kappa shape index (κ2) is 5.46. The highest BCUT2D eigenvalue weighted by Crippen LogP contribution is 2.29. The number of nitrogens with zero attached hydrogens (tertiary/aromatic N) is 4. The molecule has 2 aromatic heterocycles. The van der Waals surface area contributed by atoms with E-state index in [0.717, 1.165) is 31.2 Å². The zero-order valence-electron chi connectivity index (χ0n) is 14.0. The largest absolute Gasteiger partial charge is 0.331 e. The average Bonchev–Trinajstić information content (AvgIpc) is 2.85. The quantitative estimate of drug-likeness (QED) is 0.744. The first-order chi connectivity index (χ1) is 11.2. The van der Waals surface area contributed by atoms with Gasteiger partial charge >= 0.3 is 0 Å². The Morgan fingerprint density at radius 2 is 1.91 bits per heavy atom. The van der Waals surface area contributed by atoms with Crippen LogP contribution in [0.1, 0.15) is 24.4 Å². The Hall–Kier alpha value is -2.20. The van der Waals surface area contributed by atoms with Crippen molar-refractivity contribution in [1.82, 2.24) is 19.4 Å². The van der Waals surface area contributed by atoms with E-state index >= 15 is 0 Å². The summed E-state index contributed by atoms with van der Waals surface area (Å²) in [6, 6.07) is 8.83. The summed E-state index contributed by atoms with van der Waals surface area (Å²) in [5, 5.41) is 2.46. The first-order valence-electron chi connectivity index (χ1n) is 8.26. The average molecular weight is 306 g/mol. The summed E-state index contributed by atoms with van der Waals surface area (Å²) in [6.07, 6.45) is 3.96. The van der Waals surface area contributed by atoms with Crippen LogP contribution < -0.4 is 0 Å². The number of hydrogen-bond acceptors (Lipinski definition) is 3. The molecule has 0 unspecified atom stereocenters. The zero-order valence-corrected chi connectivity index (χ0v) is 14.0. The number of fused-ring (bicyclic) bond motifs is 1. The van der Waals surface area contributed by atoms with E-state index in [2.05, 4.69) is 57.7 Å². The van der Waals surface area contributed by atoms with Gasteiger partial charge < -0.3 is 9.47 Å². The number of pyridine rings is 1. The third-order valence-electron chi connectivity index (χ3n) is 5.08. The fraction of sp³-hybridized carbons (Fsp3) is 0.368. The fourth-order valence-electron chi connectivity index (χ4n) is 3.33. The molecule has 3 heterocycles. The van der Waals surface area contributed by atoms with Gasteiger partial charge in [0.2, 0.25) is 0 Å². The van der Waals surface area contributed by atoms with Gasteiger partial charge in [0.25, 0.3) is 0 Å². The maximum Gasteiger partial charge on any atom is 0.105 e. The predicted molar refractivity (Wildman–Crippen MR) is 93.5 cm³/mol. The summed E-state index contributed by atoms with van der Waals surface area (Å²) in [5.41, 5.74) is 3.59. The molecule has 0 N–H and O–H groups in total. The molecule has 0 saturated carbocycles. The molecule has 4 rings (SSSR count). The van der Waals surface area contributed by atoms with E-state index in [1.165, 1.54) is 22.0 Å². The zero-order chi connectivity index (χ0) is 16.0. The molecule has 1 aliphatic heterocycles. The second-order valence-corrected chi connectivity index (χ2v) is 6.47. The van der Waals surface area contributed by atoms with Crippen LogP contribution in [0.3, 0.4) is 0 Å². The third-order valence-corrected chi connectivity index (χ3v) is 5.08. The number of benzene rings is 1. The topological polar surface area (TPSA) is 34.0 Å². The van der Waals surface area contributed by atoms with Crippen molar-refractivity contribution in [1.29, 1.82) is 0 Å². The lowest BCUT2D eigenvalue weighted by molar-refractivity contribution is 0.155. The lowest BCUT2D eigenvalue weighted by Crippen LogP contribution is -2.44. The molecule has 4 nitrogen and oxygen atoms in total. The molecule has 0 amide bonds. The minimum Gasteiger partial charge on any atom is -0.331 e. The van der Waals surface area contributed by atoms with Crippen molar-refractivity contribution in [2.75, 3.05) is 19.6 Å². The summed E-state index contributed by atoms with van der Waals surface area (Å²) in [5.74, 6) is 1.62. The Bertz CT molecular complexity index is 859. The Kier molecular flexibility index (Phi) is 3.42. The molecule has 1 aliphatic rings. The molecule has 0 radical (unpaired) electrons. The van der Waals surface area contributed by atoms with Gasteiger partial charge in [-0.05, 0) is 31.0 Å². The van der Waals surface area contributed by atoms with Gasteiger partial charge in [0, 0.05) is 48.9 Å². The van der Waals surface area contributed by atoms with E-state index in [0.29, 0.717) is 5.92 Å². The smallest absolute Gasteiger partial charge is 0.105 e. The van der Waals surface area contributed by atoms with Gasteiger partial charge in [0.05, 0.1) is 11.9 Å². The van der Waals surface area contributed by atoms with Crippen LogP contribution in [0.5, 0.6) is 0 Å². The number of aromatic nitrogens is 3.